The molecule has 0 aliphatic carbocycles. The van der Waals surface area contributed by atoms with Gasteiger partial charge in [0.15, 0.2) is 11.5 Å². The Hall–Kier alpha value is -2.43. The summed E-state index contributed by atoms with van der Waals surface area (Å²) >= 11 is 0. The Bertz CT molecular complexity index is 676. The maximum atomic E-state index is 12.3. The molecule has 0 spiro atoms. The van der Waals surface area contributed by atoms with E-state index in [1.807, 2.05) is 38.1 Å². The summed E-state index contributed by atoms with van der Waals surface area (Å²) in [5.74, 6) is 0.620. The van der Waals surface area contributed by atoms with Crippen LogP contribution in [0.15, 0.2) is 30.3 Å². The van der Waals surface area contributed by atoms with Gasteiger partial charge in [-0.1, -0.05) is 12.1 Å². The van der Waals surface area contributed by atoms with Crippen LogP contribution in [0.5, 0.6) is 0 Å². The van der Waals surface area contributed by atoms with Crippen LogP contribution in [0.1, 0.15) is 34.5 Å². The number of carbonyl (C=O) groups excluding carboxylic acids is 1. The first kappa shape index (κ1) is 14.5. The number of hydrogen-bond donors (Lipinski definition) is 1. The third-order valence-electron chi connectivity index (χ3n) is 4.17. The zero-order chi connectivity index (χ0) is 15.5. The first-order valence-electron chi connectivity index (χ1n) is 7.61. The van der Waals surface area contributed by atoms with Crippen LogP contribution in [-0.2, 0) is 0 Å². The van der Waals surface area contributed by atoms with E-state index in [9.17, 15) is 4.79 Å². The lowest BCUT2D eigenvalue weighted by Crippen LogP contribution is -2.21. The van der Waals surface area contributed by atoms with Crippen molar-refractivity contribution >= 4 is 17.4 Å². The van der Waals surface area contributed by atoms with E-state index in [4.69, 9.17) is 0 Å². The Labute approximate surface area is 130 Å². The number of nitrogens with one attached hydrogen (secondary N) is 1. The van der Waals surface area contributed by atoms with E-state index in [1.54, 1.807) is 6.07 Å². The van der Waals surface area contributed by atoms with Gasteiger partial charge < -0.3 is 10.2 Å². The monoisotopic (exact) mass is 296 g/mol. The van der Waals surface area contributed by atoms with Crippen molar-refractivity contribution in [3.05, 3.63) is 47.2 Å². The van der Waals surface area contributed by atoms with Crippen molar-refractivity contribution in [3.63, 3.8) is 0 Å². The van der Waals surface area contributed by atoms with Gasteiger partial charge in [-0.05, 0) is 56.0 Å². The highest BCUT2D eigenvalue weighted by Crippen LogP contribution is 2.19. The van der Waals surface area contributed by atoms with Gasteiger partial charge in [-0.2, -0.15) is 0 Å². The van der Waals surface area contributed by atoms with Crippen LogP contribution < -0.4 is 10.2 Å². The minimum Gasteiger partial charge on any atom is -0.355 e. The number of carbonyl (C=O) groups is 1. The molecule has 3 rings (SSSR count). The molecule has 0 radical (unpaired) electrons. The van der Waals surface area contributed by atoms with E-state index >= 15 is 0 Å². The number of rotatable bonds is 3. The van der Waals surface area contributed by atoms with Crippen LogP contribution in [-0.4, -0.2) is 29.2 Å². The minimum atomic E-state index is -0.228. The molecule has 1 aliphatic rings. The molecule has 1 N–H and O–H groups in total. The molecular weight excluding hydrogens is 276 g/mol. The van der Waals surface area contributed by atoms with Gasteiger partial charge in [0, 0.05) is 18.8 Å². The van der Waals surface area contributed by atoms with Crippen molar-refractivity contribution in [2.24, 2.45) is 0 Å². The maximum absolute atomic E-state index is 12.3. The second kappa shape index (κ2) is 6.13. The third kappa shape index (κ3) is 2.93. The van der Waals surface area contributed by atoms with Crippen molar-refractivity contribution in [1.82, 2.24) is 10.2 Å². The molecular formula is C17H20N4O. The van der Waals surface area contributed by atoms with Crippen molar-refractivity contribution in [2.45, 2.75) is 26.7 Å². The number of benzene rings is 1. The lowest BCUT2D eigenvalue weighted by molar-refractivity contribution is 0.102. The fourth-order valence-electron chi connectivity index (χ4n) is 2.63. The number of aryl methyl sites for hydroxylation is 1. The summed E-state index contributed by atoms with van der Waals surface area (Å²) in [5, 5.41) is 11.1. The predicted octanol–water partition coefficient (Wildman–Crippen LogP) is 2.95. The molecule has 22 heavy (non-hydrogen) atoms. The smallest absolute Gasteiger partial charge is 0.276 e. The highest BCUT2D eigenvalue weighted by atomic mass is 16.1. The highest BCUT2D eigenvalue weighted by Gasteiger charge is 2.15. The SMILES string of the molecule is Cc1cccc(NC(=O)c2ccc(N3CCCC3)nn2)c1C. The van der Waals surface area contributed by atoms with Crippen molar-refractivity contribution in [2.75, 3.05) is 23.3 Å². The molecule has 0 atom stereocenters. The summed E-state index contributed by atoms with van der Waals surface area (Å²) in [5.41, 5.74) is 3.37. The molecule has 5 heteroatoms. The summed E-state index contributed by atoms with van der Waals surface area (Å²) < 4.78 is 0. The molecule has 2 aromatic rings. The number of aromatic nitrogens is 2. The summed E-state index contributed by atoms with van der Waals surface area (Å²) in [6.45, 7) is 6.05. The molecule has 5 nitrogen and oxygen atoms in total. The molecule has 1 aliphatic heterocycles. The van der Waals surface area contributed by atoms with Gasteiger partial charge in [0.2, 0.25) is 0 Å². The predicted molar refractivity (Wildman–Crippen MR) is 87.3 cm³/mol. The summed E-state index contributed by atoms with van der Waals surface area (Å²) in [7, 11) is 0. The Kier molecular flexibility index (Phi) is 4.04. The lowest BCUT2D eigenvalue weighted by Gasteiger charge is -2.15. The van der Waals surface area contributed by atoms with Crippen molar-refractivity contribution in [1.29, 1.82) is 0 Å². The number of anilines is 2. The summed E-state index contributed by atoms with van der Waals surface area (Å²) in [6, 6.07) is 9.46. The molecule has 1 saturated heterocycles. The molecule has 1 aromatic carbocycles. The Balaban J connectivity index is 1.73. The van der Waals surface area contributed by atoms with Gasteiger partial charge in [0.25, 0.3) is 5.91 Å². The van der Waals surface area contributed by atoms with Crippen molar-refractivity contribution < 1.29 is 4.79 Å². The molecule has 0 unspecified atom stereocenters. The molecule has 114 valence electrons. The topological polar surface area (TPSA) is 58.1 Å². The number of amides is 1. The largest absolute Gasteiger partial charge is 0.355 e. The van der Waals surface area contributed by atoms with Gasteiger partial charge in [-0.3, -0.25) is 4.79 Å². The first-order valence-corrected chi connectivity index (χ1v) is 7.61. The van der Waals surface area contributed by atoms with E-state index in [2.05, 4.69) is 20.4 Å². The van der Waals surface area contributed by atoms with E-state index in [0.717, 1.165) is 35.7 Å². The van der Waals surface area contributed by atoms with Crippen LogP contribution in [0.3, 0.4) is 0 Å². The van der Waals surface area contributed by atoms with E-state index in [0.29, 0.717) is 5.69 Å². The third-order valence-corrected chi connectivity index (χ3v) is 4.17. The lowest BCUT2D eigenvalue weighted by atomic mass is 10.1. The first-order chi connectivity index (χ1) is 10.6. The quantitative estimate of drug-likeness (QED) is 0.946. The van der Waals surface area contributed by atoms with Gasteiger partial charge in [0.1, 0.15) is 0 Å². The standard InChI is InChI=1S/C17H20N4O/c1-12-6-5-7-14(13(12)2)18-17(22)15-8-9-16(20-19-15)21-10-3-4-11-21/h5-9H,3-4,10-11H2,1-2H3,(H,18,22). The normalized spacial score (nSPS) is 14.2. The molecule has 0 bridgehead atoms. The molecule has 1 fully saturated rings. The highest BCUT2D eigenvalue weighted by molar-refractivity contribution is 6.03. The van der Waals surface area contributed by atoms with Crippen LogP contribution in [0.25, 0.3) is 0 Å². The van der Waals surface area contributed by atoms with Crippen LogP contribution in [0, 0.1) is 13.8 Å². The molecule has 1 amide bonds. The summed E-state index contributed by atoms with van der Waals surface area (Å²) in [6.07, 6.45) is 2.38. The fraction of sp³-hybridized carbons (Fsp3) is 0.353. The second-order valence-electron chi connectivity index (χ2n) is 5.67. The Morgan fingerprint density at radius 2 is 1.86 bits per heavy atom. The zero-order valence-corrected chi connectivity index (χ0v) is 13.0. The number of hydrogen-bond acceptors (Lipinski definition) is 4. The van der Waals surface area contributed by atoms with Crippen LogP contribution in [0.2, 0.25) is 0 Å². The van der Waals surface area contributed by atoms with Gasteiger partial charge in [-0.25, -0.2) is 0 Å². The zero-order valence-electron chi connectivity index (χ0n) is 13.0. The van der Waals surface area contributed by atoms with Gasteiger partial charge in [0.05, 0.1) is 0 Å². The van der Waals surface area contributed by atoms with E-state index < -0.39 is 0 Å². The number of nitrogens with zero attached hydrogens (tertiary/aromatic N) is 3. The molecule has 2 heterocycles. The van der Waals surface area contributed by atoms with Crippen LogP contribution in [0.4, 0.5) is 11.5 Å². The maximum Gasteiger partial charge on any atom is 0.276 e. The minimum absolute atomic E-state index is 0.228. The molecule has 1 aromatic heterocycles. The molecule has 0 saturated carbocycles. The van der Waals surface area contributed by atoms with E-state index in [1.165, 1.54) is 12.8 Å². The van der Waals surface area contributed by atoms with Gasteiger partial charge in [-0.15, -0.1) is 10.2 Å². The summed E-state index contributed by atoms with van der Waals surface area (Å²) in [4.78, 5) is 14.5. The average Bonchev–Trinajstić information content (AvgIpc) is 3.06. The van der Waals surface area contributed by atoms with Crippen LogP contribution >= 0.6 is 0 Å². The van der Waals surface area contributed by atoms with Crippen molar-refractivity contribution in [3.8, 4) is 0 Å². The fourth-order valence-corrected chi connectivity index (χ4v) is 2.63. The Morgan fingerprint density at radius 1 is 1.09 bits per heavy atom. The Morgan fingerprint density at radius 3 is 2.55 bits per heavy atom. The van der Waals surface area contributed by atoms with E-state index in [-0.39, 0.29) is 5.91 Å². The average molecular weight is 296 g/mol. The second-order valence-corrected chi connectivity index (χ2v) is 5.67. The van der Waals surface area contributed by atoms with Gasteiger partial charge >= 0.3 is 0 Å².